The van der Waals surface area contributed by atoms with Crippen molar-refractivity contribution in [1.82, 2.24) is 4.37 Å². The Morgan fingerprint density at radius 2 is 1.79 bits per heavy atom. The number of hydrogen-bond acceptors (Lipinski definition) is 3. The maximum absolute atomic E-state index is 4.48. The number of hydrogen-bond donors (Lipinski definition) is 1. The third-order valence-electron chi connectivity index (χ3n) is 3.30. The molecular weight excluding hydrogens is 252 g/mol. The topological polar surface area (TPSA) is 24.9 Å². The predicted octanol–water partition coefficient (Wildman–Crippen LogP) is 4.86. The van der Waals surface area contributed by atoms with Crippen LogP contribution in [0.2, 0.25) is 0 Å². The van der Waals surface area contributed by atoms with E-state index >= 15 is 0 Å². The summed E-state index contributed by atoms with van der Waals surface area (Å²) in [6.07, 6.45) is 1.05. The van der Waals surface area contributed by atoms with Gasteiger partial charge in [0.05, 0.1) is 11.6 Å². The molecule has 96 valence electrons. The molecule has 2 aromatic carbocycles. The lowest BCUT2D eigenvalue weighted by Gasteiger charge is -2.17. The van der Waals surface area contributed by atoms with Gasteiger partial charge in [0.2, 0.25) is 0 Å². The SMILES string of the molecule is CCC(Nc1snc2ccccc12)c1ccccc1. The van der Waals surface area contributed by atoms with E-state index in [0.717, 1.165) is 16.9 Å². The molecule has 3 aromatic rings. The summed E-state index contributed by atoms with van der Waals surface area (Å²) in [5.41, 5.74) is 2.39. The maximum Gasteiger partial charge on any atom is 0.117 e. The van der Waals surface area contributed by atoms with E-state index in [1.807, 2.05) is 6.07 Å². The Hall–Kier alpha value is -1.87. The Balaban J connectivity index is 1.91. The summed E-state index contributed by atoms with van der Waals surface area (Å²) in [7, 11) is 0. The molecule has 1 aromatic heterocycles. The fourth-order valence-electron chi connectivity index (χ4n) is 2.26. The van der Waals surface area contributed by atoms with Crippen LogP contribution >= 0.6 is 11.5 Å². The van der Waals surface area contributed by atoms with Gasteiger partial charge in [-0.15, -0.1) is 0 Å². The van der Waals surface area contributed by atoms with Gasteiger partial charge in [-0.2, -0.15) is 4.37 Å². The molecule has 19 heavy (non-hydrogen) atoms. The van der Waals surface area contributed by atoms with Gasteiger partial charge >= 0.3 is 0 Å². The molecule has 0 aliphatic rings. The number of fused-ring (bicyclic) bond motifs is 1. The van der Waals surface area contributed by atoms with E-state index in [2.05, 4.69) is 65.1 Å². The molecule has 0 saturated carbocycles. The highest BCUT2D eigenvalue weighted by Crippen LogP contribution is 2.31. The molecule has 1 heterocycles. The first-order chi connectivity index (χ1) is 9.38. The van der Waals surface area contributed by atoms with E-state index in [4.69, 9.17) is 0 Å². The van der Waals surface area contributed by atoms with Gasteiger partial charge in [0.25, 0.3) is 0 Å². The van der Waals surface area contributed by atoms with Crippen molar-refractivity contribution in [3.05, 3.63) is 60.2 Å². The molecule has 3 heteroatoms. The Kier molecular flexibility index (Phi) is 3.47. The second-order valence-electron chi connectivity index (χ2n) is 4.54. The number of aromatic nitrogens is 1. The lowest BCUT2D eigenvalue weighted by molar-refractivity contribution is 0.753. The second-order valence-corrected chi connectivity index (χ2v) is 5.32. The summed E-state index contributed by atoms with van der Waals surface area (Å²) < 4.78 is 4.48. The largest absolute Gasteiger partial charge is 0.368 e. The zero-order chi connectivity index (χ0) is 13.1. The molecule has 0 fully saturated rings. The quantitative estimate of drug-likeness (QED) is 0.731. The lowest BCUT2D eigenvalue weighted by Crippen LogP contribution is -2.08. The van der Waals surface area contributed by atoms with Crippen molar-refractivity contribution in [3.63, 3.8) is 0 Å². The fourth-order valence-corrected chi connectivity index (χ4v) is 3.07. The number of benzene rings is 2. The molecule has 1 unspecified atom stereocenters. The van der Waals surface area contributed by atoms with Gasteiger partial charge in [-0.25, -0.2) is 0 Å². The van der Waals surface area contributed by atoms with Crippen LogP contribution in [0, 0.1) is 0 Å². The summed E-state index contributed by atoms with van der Waals surface area (Å²) in [5, 5.41) is 5.99. The van der Waals surface area contributed by atoms with Crippen molar-refractivity contribution < 1.29 is 0 Å². The van der Waals surface area contributed by atoms with E-state index in [1.165, 1.54) is 10.9 Å². The highest BCUT2D eigenvalue weighted by atomic mass is 32.1. The van der Waals surface area contributed by atoms with Crippen molar-refractivity contribution >= 4 is 27.4 Å². The number of nitrogens with one attached hydrogen (secondary N) is 1. The van der Waals surface area contributed by atoms with E-state index < -0.39 is 0 Å². The lowest BCUT2D eigenvalue weighted by atomic mass is 10.0. The average Bonchev–Trinajstić information content (AvgIpc) is 2.89. The molecule has 2 nitrogen and oxygen atoms in total. The number of nitrogens with zero attached hydrogens (tertiary/aromatic N) is 1. The molecule has 3 rings (SSSR count). The fraction of sp³-hybridized carbons (Fsp3) is 0.188. The molecular formula is C16H16N2S. The van der Waals surface area contributed by atoms with Gasteiger partial charge in [-0.1, -0.05) is 49.4 Å². The highest BCUT2D eigenvalue weighted by molar-refractivity contribution is 7.11. The van der Waals surface area contributed by atoms with Gasteiger partial charge in [0.1, 0.15) is 5.00 Å². The van der Waals surface area contributed by atoms with Crippen LogP contribution < -0.4 is 5.32 Å². The Labute approximate surface area is 117 Å². The van der Waals surface area contributed by atoms with Crippen molar-refractivity contribution in [2.75, 3.05) is 5.32 Å². The standard InChI is InChI=1S/C16H16N2S/c1-2-14(12-8-4-3-5-9-12)17-16-13-10-6-7-11-15(13)18-19-16/h3-11,14,17H,2H2,1H3. The van der Waals surface area contributed by atoms with Crippen molar-refractivity contribution in [2.24, 2.45) is 0 Å². The van der Waals surface area contributed by atoms with E-state index in [0.29, 0.717) is 6.04 Å². The smallest absolute Gasteiger partial charge is 0.117 e. The molecule has 0 radical (unpaired) electrons. The number of anilines is 1. The minimum atomic E-state index is 0.338. The van der Waals surface area contributed by atoms with Crippen LogP contribution in [0.15, 0.2) is 54.6 Å². The molecule has 0 saturated heterocycles. The third-order valence-corrected chi connectivity index (χ3v) is 4.11. The van der Waals surface area contributed by atoms with Gasteiger partial charge < -0.3 is 5.32 Å². The maximum atomic E-state index is 4.48. The first-order valence-corrected chi connectivity index (χ1v) is 7.31. The molecule has 0 bridgehead atoms. The molecule has 1 atom stereocenters. The van der Waals surface area contributed by atoms with Crippen LogP contribution in [0.25, 0.3) is 10.9 Å². The van der Waals surface area contributed by atoms with Crippen molar-refractivity contribution in [2.45, 2.75) is 19.4 Å². The second kappa shape index (κ2) is 5.41. The van der Waals surface area contributed by atoms with Crippen LogP contribution in [-0.2, 0) is 0 Å². The highest BCUT2D eigenvalue weighted by Gasteiger charge is 2.12. The Bertz CT molecular complexity index is 661. The van der Waals surface area contributed by atoms with Crippen molar-refractivity contribution in [1.29, 1.82) is 0 Å². The van der Waals surface area contributed by atoms with Gasteiger partial charge in [-0.05, 0) is 35.6 Å². The molecule has 0 aliphatic heterocycles. The van der Waals surface area contributed by atoms with E-state index in [-0.39, 0.29) is 0 Å². The zero-order valence-electron chi connectivity index (χ0n) is 10.8. The first kappa shape index (κ1) is 12.2. The third kappa shape index (κ3) is 2.47. The summed E-state index contributed by atoms with van der Waals surface area (Å²) in [6.45, 7) is 2.20. The molecule has 0 spiro atoms. The Morgan fingerprint density at radius 1 is 1.05 bits per heavy atom. The van der Waals surface area contributed by atoms with Crippen molar-refractivity contribution in [3.8, 4) is 0 Å². The normalized spacial score (nSPS) is 12.5. The monoisotopic (exact) mass is 268 g/mol. The van der Waals surface area contributed by atoms with E-state index in [9.17, 15) is 0 Å². The summed E-state index contributed by atoms with van der Waals surface area (Å²) in [6, 6.07) is 19.2. The van der Waals surface area contributed by atoms with Crippen LogP contribution in [0.1, 0.15) is 24.9 Å². The molecule has 0 aliphatic carbocycles. The average molecular weight is 268 g/mol. The Morgan fingerprint density at radius 3 is 2.58 bits per heavy atom. The van der Waals surface area contributed by atoms with Gasteiger partial charge in [0.15, 0.2) is 0 Å². The summed E-state index contributed by atoms with van der Waals surface area (Å²) in [5.74, 6) is 0. The minimum Gasteiger partial charge on any atom is -0.368 e. The van der Waals surface area contributed by atoms with Gasteiger partial charge in [0, 0.05) is 5.39 Å². The first-order valence-electron chi connectivity index (χ1n) is 6.54. The minimum absolute atomic E-state index is 0.338. The molecule has 1 N–H and O–H groups in total. The van der Waals surface area contributed by atoms with Gasteiger partial charge in [-0.3, -0.25) is 0 Å². The van der Waals surface area contributed by atoms with E-state index in [1.54, 1.807) is 11.5 Å². The molecule has 0 amide bonds. The predicted molar refractivity (Wildman–Crippen MR) is 82.7 cm³/mol. The van der Waals surface area contributed by atoms with Crippen LogP contribution in [0.5, 0.6) is 0 Å². The van der Waals surface area contributed by atoms with Crippen LogP contribution in [0.3, 0.4) is 0 Å². The van der Waals surface area contributed by atoms with Crippen LogP contribution in [0.4, 0.5) is 5.00 Å². The zero-order valence-corrected chi connectivity index (χ0v) is 11.7. The summed E-state index contributed by atoms with van der Waals surface area (Å²) >= 11 is 1.54. The number of rotatable bonds is 4. The van der Waals surface area contributed by atoms with Crippen LogP contribution in [-0.4, -0.2) is 4.37 Å². The summed E-state index contributed by atoms with van der Waals surface area (Å²) in [4.78, 5) is 0.